The topological polar surface area (TPSA) is 32.5 Å². The molecular formula is C12H21Cl2N3O. The first-order valence-electron chi connectivity index (χ1n) is 6.37. The molecule has 1 unspecified atom stereocenters. The van der Waals surface area contributed by atoms with Gasteiger partial charge in [0, 0.05) is 25.7 Å². The number of hydrogen-bond donors (Lipinski definition) is 0. The molecule has 0 N–H and O–H groups in total. The number of hydrogen-bond acceptors (Lipinski definition) is 4. The lowest BCUT2D eigenvalue weighted by Gasteiger charge is -2.37. The Hall–Kier alpha value is -0.290. The molecule has 3 heterocycles. The molecule has 1 atom stereocenters. The van der Waals surface area contributed by atoms with Crippen LogP contribution in [0.25, 0.3) is 0 Å². The van der Waals surface area contributed by atoms with Crippen LogP contribution in [-0.4, -0.2) is 34.8 Å². The molecular weight excluding hydrogens is 273 g/mol. The van der Waals surface area contributed by atoms with Crippen LogP contribution in [0, 0.1) is 0 Å². The molecule has 4 nitrogen and oxygen atoms in total. The smallest absolute Gasteiger partial charge is 0.124 e. The molecule has 0 aliphatic carbocycles. The monoisotopic (exact) mass is 293 g/mol. The summed E-state index contributed by atoms with van der Waals surface area (Å²) in [7, 11) is 0. The van der Waals surface area contributed by atoms with Gasteiger partial charge in [-0.05, 0) is 25.7 Å². The molecule has 0 radical (unpaired) electrons. The molecule has 2 aliphatic rings. The average Bonchev–Trinajstić information content (AvgIpc) is 3.01. The fourth-order valence-corrected chi connectivity index (χ4v) is 2.92. The maximum atomic E-state index is 4.97. The molecule has 1 aromatic heterocycles. The van der Waals surface area contributed by atoms with Gasteiger partial charge < -0.3 is 4.52 Å². The lowest BCUT2D eigenvalue weighted by molar-refractivity contribution is -0.0525. The van der Waals surface area contributed by atoms with Crippen molar-refractivity contribution in [1.82, 2.24) is 15.2 Å². The quantitative estimate of drug-likeness (QED) is 0.839. The average molecular weight is 294 g/mol. The number of hydrazine groups is 1. The summed E-state index contributed by atoms with van der Waals surface area (Å²) < 4.78 is 4.97. The predicted octanol–water partition coefficient (Wildman–Crippen LogP) is 3.06. The summed E-state index contributed by atoms with van der Waals surface area (Å²) >= 11 is 0. The predicted molar refractivity (Wildman–Crippen MR) is 75.1 cm³/mol. The Kier molecular flexibility index (Phi) is 6.43. The Labute approximate surface area is 120 Å². The highest BCUT2D eigenvalue weighted by atomic mass is 35.5. The second-order valence-electron chi connectivity index (χ2n) is 4.76. The van der Waals surface area contributed by atoms with E-state index >= 15 is 0 Å². The van der Waals surface area contributed by atoms with Crippen LogP contribution >= 0.6 is 24.8 Å². The number of halogens is 2. The summed E-state index contributed by atoms with van der Waals surface area (Å²) in [6, 6.07) is 2.46. The summed E-state index contributed by atoms with van der Waals surface area (Å²) in [6.07, 6.45) is 8.22. The van der Waals surface area contributed by atoms with Crippen molar-refractivity contribution in [2.24, 2.45) is 0 Å². The van der Waals surface area contributed by atoms with Crippen molar-refractivity contribution >= 4 is 24.8 Å². The van der Waals surface area contributed by atoms with Crippen molar-refractivity contribution in [2.75, 3.05) is 19.6 Å². The van der Waals surface area contributed by atoms with Crippen LogP contribution in [0.1, 0.15) is 43.8 Å². The van der Waals surface area contributed by atoms with Gasteiger partial charge in [0.25, 0.3) is 0 Å². The van der Waals surface area contributed by atoms with Gasteiger partial charge in [-0.25, -0.2) is 10.0 Å². The highest BCUT2D eigenvalue weighted by molar-refractivity contribution is 5.85. The molecule has 0 bridgehead atoms. The highest BCUT2D eigenvalue weighted by Crippen LogP contribution is 2.33. The molecule has 6 heteroatoms. The van der Waals surface area contributed by atoms with E-state index < -0.39 is 0 Å². The maximum absolute atomic E-state index is 4.97. The molecule has 2 saturated heterocycles. The van der Waals surface area contributed by atoms with Gasteiger partial charge in [-0.15, -0.1) is 24.8 Å². The normalized spacial score (nSPS) is 25.4. The minimum atomic E-state index is 0. The number of aromatic nitrogens is 1. The van der Waals surface area contributed by atoms with Crippen LogP contribution in [0.5, 0.6) is 0 Å². The molecule has 2 fully saturated rings. The van der Waals surface area contributed by atoms with E-state index in [1.807, 2.05) is 6.07 Å². The van der Waals surface area contributed by atoms with Crippen LogP contribution in [0.4, 0.5) is 0 Å². The molecule has 0 saturated carbocycles. The van der Waals surface area contributed by atoms with Gasteiger partial charge in [-0.3, -0.25) is 0 Å². The van der Waals surface area contributed by atoms with Crippen molar-refractivity contribution in [3.8, 4) is 0 Å². The lowest BCUT2D eigenvalue weighted by Crippen LogP contribution is -2.45. The van der Waals surface area contributed by atoms with Crippen LogP contribution in [0.2, 0.25) is 0 Å². The van der Waals surface area contributed by atoms with Crippen LogP contribution in [0.3, 0.4) is 0 Å². The summed E-state index contributed by atoms with van der Waals surface area (Å²) in [5.41, 5.74) is 1.10. The third kappa shape index (κ3) is 3.18. The van der Waals surface area contributed by atoms with Crippen molar-refractivity contribution < 1.29 is 4.52 Å². The number of rotatable bonds is 2. The van der Waals surface area contributed by atoms with E-state index in [9.17, 15) is 0 Å². The zero-order valence-corrected chi connectivity index (χ0v) is 12.1. The van der Waals surface area contributed by atoms with E-state index in [1.165, 1.54) is 51.7 Å². The van der Waals surface area contributed by atoms with E-state index in [0.29, 0.717) is 6.04 Å². The van der Waals surface area contributed by atoms with Gasteiger partial charge >= 0.3 is 0 Å². The van der Waals surface area contributed by atoms with E-state index in [-0.39, 0.29) is 24.8 Å². The Balaban J connectivity index is 0.000000810. The van der Waals surface area contributed by atoms with Gasteiger partial charge in [-0.1, -0.05) is 11.6 Å². The number of nitrogens with zero attached hydrogens (tertiary/aromatic N) is 3. The Bertz CT molecular complexity index is 328. The van der Waals surface area contributed by atoms with E-state index in [1.54, 1.807) is 6.26 Å². The van der Waals surface area contributed by atoms with E-state index in [2.05, 4.69) is 15.2 Å². The third-order valence-corrected chi connectivity index (χ3v) is 3.72. The zero-order valence-electron chi connectivity index (χ0n) is 10.5. The Morgan fingerprint density at radius 2 is 1.83 bits per heavy atom. The summed E-state index contributed by atoms with van der Waals surface area (Å²) in [5.74, 6) is 0. The molecule has 2 aliphatic heterocycles. The molecule has 3 rings (SSSR count). The molecule has 18 heavy (non-hydrogen) atoms. The van der Waals surface area contributed by atoms with E-state index in [0.717, 1.165) is 5.69 Å². The second kappa shape index (κ2) is 7.34. The molecule has 0 amide bonds. The number of piperidine rings is 1. The minimum absolute atomic E-state index is 0. The van der Waals surface area contributed by atoms with Gasteiger partial charge in [-0.2, -0.15) is 0 Å². The molecule has 1 aromatic rings. The fraction of sp³-hybridized carbons (Fsp3) is 0.750. The van der Waals surface area contributed by atoms with Crippen LogP contribution in [-0.2, 0) is 0 Å². The van der Waals surface area contributed by atoms with Crippen molar-refractivity contribution in [3.05, 3.63) is 18.0 Å². The van der Waals surface area contributed by atoms with Crippen molar-refractivity contribution in [3.63, 3.8) is 0 Å². The largest absolute Gasteiger partial charge is 0.364 e. The molecule has 0 spiro atoms. The van der Waals surface area contributed by atoms with Gasteiger partial charge in [0.2, 0.25) is 0 Å². The van der Waals surface area contributed by atoms with Gasteiger partial charge in [0.15, 0.2) is 0 Å². The fourth-order valence-electron chi connectivity index (χ4n) is 2.92. The standard InChI is InChI=1S/C12H19N3O.2ClH/c1-2-7-14(8-3-1)15-9-4-5-12(15)11-6-10-16-13-11;;/h6,10,12H,1-5,7-9H2;2*1H. The SMILES string of the molecule is Cl.Cl.c1cc(C2CCCN2N2CCCCC2)no1. The minimum Gasteiger partial charge on any atom is -0.364 e. The second-order valence-corrected chi connectivity index (χ2v) is 4.76. The zero-order chi connectivity index (χ0) is 10.8. The lowest BCUT2D eigenvalue weighted by atomic mass is 10.1. The van der Waals surface area contributed by atoms with Crippen LogP contribution < -0.4 is 0 Å². The molecule has 104 valence electrons. The van der Waals surface area contributed by atoms with Gasteiger partial charge in [0.1, 0.15) is 12.0 Å². The van der Waals surface area contributed by atoms with Crippen LogP contribution in [0.15, 0.2) is 16.9 Å². The van der Waals surface area contributed by atoms with Gasteiger partial charge in [0.05, 0.1) is 6.04 Å². The first-order valence-corrected chi connectivity index (χ1v) is 6.37. The Morgan fingerprint density at radius 3 is 2.50 bits per heavy atom. The maximum Gasteiger partial charge on any atom is 0.124 e. The first-order chi connectivity index (χ1) is 7.95. The van der Waals surface area contributed by atoms with E-state index in [4.69, 9.17) is 4.52 Å². The highest BCUT2D eigenvalue weighted by Gasteiger charge is 2.32. The van der Waals surface area contributed by atoms with Crippen molar-refractivity contribution in [1.29, 1.82) is 0 Å². The first kappa shape index (κ1) is 15.8. The molecule has 0 aromatic carbocycles. The Morgan fingerprint density at radius 1 is 1.06 bits per heavy atom. The summed E-state index contributed by atoms with van der Waals surface area (Å²) in [5, 5.41) is 9.13. The third-order valence-electron chi connectivity index (χ3n) is 3.72. The summed E-state index contributed by atoms with van der Waals surface area (Å²) in [4.78, 5) is 0. The van der Waals surface area contributed by atoms with Crippen molar-refractivity contribution in [2.45, 2.75) is 38.1 Å². The summed E-state index contributed by atoms with van der Waals surface area (Å²) in [6.45, 7) is 3.61.